The first-order valence-corrected chi connectivity index (χ1v) is 12.0. The van der Waals surface area contributed by atoms with Gasteiger partial charge in [0.05, 0.1) is 19.3 Å². The van der Waals surface area contributed by atoms with Crippen molar-refractivity contribution in [3.8, 4) is 0 Å². The lowest BCUT2D eigenvalue weighted by Gasteiger charge is -2.36. The largest absolute Gasteiger partial charge is 0.379 e. The molecule has 6 heteroatoms. The first-order valence-electron chi connectivity index (χ1n) is 11.1. The summed E-state index contributed by atoms with van der Waals surface area (Å²) in [6.45, 7) is 9.56. The highest BCUT2D eigenvalue weighted by Gasteiger charge is 2.26. The van der Waals surface area contributed by atoms with Gasteiger partial charge in [0.1, 0.15) is 0 Å². The summed E-state index contributed by atoms with van der Waals surface area (Å²) in [6.07, 6.45) is 2.47. The summed E-state index contributed by atoms with van der Waals surface area (Å²) in [5, 5.41) is 5.35. The van der Waals surface area contributed by atoms with E-state index in [-0.39, 0.29) is 11.9 Å². The molecule has 1 N–H and O–H groups in total. The third-order valence-corrected chi connectivity index (χ3v) is 7.26. The van der Waals surface area contributed by atoms with E-state index in [1.165, 1.54) is 23.3 Å². The van der Waals surface area contributed by atoms with Crippen LogP contribution in [0.3, 0.4) is 0 Å². The number of likely N-dealkylation sites (tertiary alicyclic amines) is 1. The summed E-state index contributed by atoms with van der Waals surface area (Å²) < 4.78 is 5.43. The van der Waals surface area contributed by atoms with Gasteiger partial charge < -0.3 is 10.1 Å². The number of nitrogens with zero attached hydrogens (tertiary/aromatic N) is 2. The molecule has 1 amide bonds. The maximum Gasteiger partial charge on any atom is 0.251 e. The lowest BCUT2D eigenvalue weighted by atomic mass is 9.97. The van der Waals surface area contributed by atoms with Gasteiger partial charge in [-0.2, -0.15) is 0 Å². The zero-order chi connectivity index (χ0) is 20.8. The number of hydrogen-bond donors (Lipinski definition) is 1. The average molecular weight is 428 g/mol. The number of carbonyl (C=O) groups is 1. The van der Waals surface area contributed by atoms with E-state index in [9.17, 15) is 4.79 Å². The van der Waals surface area contributed by atoms with Gasteiger partial charge in [-0.3, -0.25) is 14.6 Å². The van der Waals surface area contributed by atoms with Crippen LogP contribution in [-0.4, -0.2) is 61.6 Å². The van der Waals surface area contributed by atoms with Crippen LogP contribution >= 0.6 is 11.3 Å². The van der Waals surface area contributed by atoms with Crippen molar-refractivity contribution >= 4 is 17.2 Å². The Morgan fingerprint density at radius 3 is 2.70 bits per heavy atom. The molecular formula is C24H33N3O2S. The number of ether oxygens (including phenoxy) is 1. The molecule has 2 fully saturated rings. The second-order valence-electron chi connectivity index (χ2n) is 8.55. The molecule has 1 aromatic carbocycles. The van der Waals surface area contributed by atoms with E-state index in [0.29, 0.717) is 6.54 Å². The smallest absolute Gasteiger partial charge is 0.251 e. The Bertz CT molecular complexity index is 797. The van der Waals surface area contributed by atoms with Gasteiger partial charge in [0.15, 0.2) is 0 Å². The Morgan fingerprint density at radius 1 is 1.17 bits per heavy atom. The van der Waals surface area contributed by atoms with Crippen LogP contribution in [0.4, 0.5) is 0 Å². The number of nitrogens with one attached hydrogen (secondary N) is 1. The van der Waals surface area contributed by atoms with E-state index in [0.717, 1.165) is 57.4 Å². The predicted octanol–water partition coefficient (Wildman–Crippen LogP) is 3.78. The monoisotopic (exact) mass is 427 g/mol. The fourth-order valence-corrected chi connectivity index (χ4v) is 5.21. The lowest BCUT2D eigenvalue weighted by Crippen LogP contribution is -2.41. The molecule has 0 saturated carbocycles. The SMILES string of the molecule is CC1CCN(C(CNC(=O)c2cccc(CN3CCOCC3)c2)c2cccs2)CC1. The van der Waals surface area contributed by atoms with Gasteiger partial charge in [0.2, 0.25) is 0 Å². The highest BCUT2D eigenvalue weighted by Crippen LogP contribution is 2.29. The van der Waals surface area contributed by atoms with Crippen LogP contribution in [0.1, 0.15) is 46.6 Å². The molecule has 2 aromatic rings. The molecule has 5 nitrogen and oxygen atoms in total. The topological polar surface area (TPSA) is 44.8 Å². The number of hydrogen-bond acceptors (Lipinski definition) is 5. The maximum atomic E-state index is 12.9. The Kier molecular flexibility index (Phi) is 7.55. The fraction of sp³-hybridized carbons (Fsp3) is 0.542. The van der Waals surface area contributed by atoms with Gasteiger partial charge in [-0.25, -0.2) is 0 Å². The van der Waals surface area contributed by atoms with Gasteiger partial charge >= 0.3 is 0 Å². The van der Waals surface area contributed by atoms with Crippen molar-refractivity contribution in [2.75, 3.05) is 45.9 Å². The minimum Gasteiger partial charge on any atom is -0.379 e. The first kappa shape index (κ1) is 21.5. The van der Waals surface area contributed by atoms with Crippen LogP contribution in [0.2, 0.25) is 0 Å². The van der Waals surface area contributed by atoms with Gasteiger partial charge in [-0.05, 0) is 61.0 Å². The normalized spacial score (nSPS) is 20.2. The molecule has 30 heavy (non-hydrogen) atoms. The van der Waals surface area contributed by atoms with Crippen molar-refractivity contribution in [1.29, 1.82) is 0 Å². The zero-order valence-electron chi connectivity index (χ0n) is 17.9. The van der Waals surface area contributed by atoms with Crippen LogP contribution in [0, 0.1) is 5.92 Å². The van der Waals surface area contributed by atoms with Gasteiger partial charge in [0, 0.05) is 36.6 Å². The molecule has 2 saturated heterocycles. The van der Waals surface area contributed by atoms with Crippen LogP contribution in [0.15, 0.2) is 41.8 Å². The summed E-state index contributed by atoms with van der Waals surface area (Å²) >= 11 is 1.79. The quantitative estimate of drug-likeness (QED) is 0.730. The van der Waals surface area contributed by atoms with Crippen molar-refractivity contribution in [1.82, 2.24) is 15.1 Å². The predicted molar refractivity (Wildman–Crippen MR) is 122 cm³/mol. The highest BCUT2D eigenvalue weighted by molar-refractivity contribution is 7.10. The maximum absolute atomic E-state index is 12.9. The molecular weight excluding hydrogens is 394 g/mol. The number of benzene rings is 1. The molecule has 0 spiro atoms. The Hall–Kier alpha value is -1.73. The molecule has 2 aliphatic rings. The van der Waals surface area contributed by atoms with E-state index >= 15 is 0 Å². The van der Waals surface area contributed by atoms with Crippen molar-refractivity contribution < 1.29 is 9.53 Å². The van der Waals surface area contributed by atoms with E-state index in [1.807, 2.05) is 18.2 Å². The van der Waals surface area contributed by atoms with Crippen LogP contribution in [0.5, 0.6) is 0 Å². The summed E-state index contributed by atoms with van der Waals surface area (Å²) in [6, 6.07) is 12.6. The van der Waals surface area contributed by atoms with E-state index in [1.54, 1.807) is 11.3 Å². The number of amides is 1. The van der Waals surface area contributed by atoms with Crippen molar-refractivity contribution in [2.24, 2.45) is 5.92 Å². The Labute approximate surface area is 184 Å². The second kappa shape index (κ2) is 10.5. The minimum atomic E-state index is 0.0192. The number of thiophene rings is 1. The molecule has 0 bridgehead atoms. The van der Waals surface area contributed by atoms with Crippen molar-refractivity contribution in [3.63, 3.8) is 0 Å². The summed E-state index contributed by atoms with van der Waals surface area (Å²) in [4.78, 5) is 19.2. The number of morpholine rings is 1. The highest BCUT2D eigenvalue weighted by atomic mass is 32.1. The minimum absolute atomic E-state index is 0.0192. The van der Waals surface area contributed by atoms with Crippen molar-refractivity contribution in [2.45, 2.75) is 32.4 Å². The molecule has 162 valence electrons. The van der Waals surface area contributed by atoms with Crippen LogP contribution in [-0.2, 0) is 11.3 Å². The fourth-order valence-electron chi connectivity index (χ4n) is 4.35. The summed E-state index contributed by atoms with van der Waals surface area (Å²) in [5.74, 6) is 0.819. The molecule has 4 rings (SSSR count). The van der Waals surface area contributed by atoms with Crippen molar-refractivity contribution in [3.05, 3.63) is 57.8 Å². The molecule has 2 aliphatic heterocycles. The second-order valence-corrected chi connectivity index (χ2v) is 9.53. The van der Waals surface area contributed by atoms with Gasteiger partial charge in [-0.1, -0.05) is 25.1 Å². The van der Waals surface area contributed by atoms with E-state index in [4.69, 9.17) is 4.74 Å². The first-order chi connectivity index (χ1) is 14.7. The number of piperidine rings is 1. The molecule has 0 radical (unpaired) electrons. The van der Waals surface area contributed by atoms with E-state index < -0.39 is 0 Å². The zero-order valence-corrected chi connectivity index (χ0v) is 18.7. The van der Waals surface area contributed by atoms with E-state index in [2.05, 4.69) is 45.6 Å². The molecule has 1 unspecified atom stereocenters. The number of carbonyl (C=O) groups excluding carboxylic acids is 1. The van der Waals surface area contributed by atoms with Gasteiger partial charge in [0.25, 0.3) is 5.91 Å². The molecule has 1 aromatic heterocycles. The summed E-state index contributed by atoms with van der Waals surface area (Å²) in [7, 11) is 0. The molecule has 1 atom stereocenters. The third kappa shape index (κ3) is 5.70. The standard InChI is InChI=1S/C24H33N3O2S/c1-19-7-9-27(10-8-19)22(23-6-3-15-30-23)17-25-24(28)21-5-2-4-20(16-21)18-26-11-13-29-14-12-26/h2-6,15-16,19,22H,7-14,17-18H2,1H3,(H,25,28). The molecule has 3 heterocycles. The number of rotatable bonds is 7. The third-order valence-electron chi connectivity index (χ3n) is 6.29. The average Bonchev–Trinajstić information content (AvgIpc) is 3.30. The van der Waals surface area contributed by atoms with Gasteiger partial charge in [-0.15, -0.1) is 11.3 Å². The Balaban J connectivity index is 1.37. The Morgan fingerprint density at radius 2 is 1.97 bits per heavy atom. The molecule has 0 aliphatic carbocycles. The van der Waals surface area contributed by atoms with Crippen LogP contribution in [0.25, 0.3) is 0 Å². The summed E-state index contributed by atoms with van der Waals surface area (Å²) in [5.41, 5.74) is 1.93. The van der Waals surface area contributed by atoms with Crippen LogP contribution < -0.4 is 5.32 Å². The lowest BCUT2D eigenvalue weighted by molar-refractivity contribution is 0.0342.